The third-order valence-corrected chi connectivity index (χ3v) is 7.46. The van der Waals surface area contributed by atoms with Gasteiger partial charge in [-0.1, -0.05) is 0 Å². The van der Waals surface area contributed by atoms with E-state index in [0.717, 1.165) is 69.1 Å². The summed E-state index contributed by atoms with van der Waals surface area (Å²) in [5.41, 5.74) is 7.05. The Morgan fingerprint density at radius 3 is 2.52 bits per heavy atom. The van der Waals surface area contributed by atoms with Gasteiger partial charge in [0.1, 0.15) is 17.0 Å². The number of amides is 1. The molecule has 2 aromatic rings. The van der Waals surface area contributed by atoms with Gasteiger partial charge in [0.15, 0.2) is 0 Å². The molecule has 2 aliphatic heterocycles. The molecule has 0 unspecified atom stereocenters. The molecule has 2 fully saturated rings. The number of carbonyl (C=O) groups is 1. The average Bonchev–Trinajstić information content (AvgIpc) is 3.01. The van der Waals surface area contributed by atoms with Gasteiger partial charge in [-0.25, -0.2) is 9.97 Å². The molecular formula is C20H29N5OS. The number of carbonyl (C=O) groups excluding carboxylic acids is 1. The third kappa shape index (κ3) is 3.55. The summed E-state index contributed by atoms with van der Waals surface area (Å²) in [5, 5.41) is 1.19. The van der Waals surface area contributed by atoms with Gasteiger partial charge in [0.25, 0.3) is 0 Å². The molecule has 4 rings (SSSR count). The number of piperidine rings is 2. The third-order valence-electron chi connectivity index (χ3n) is 6.35. The highest BCUT2D eigenvalue weighted by Crippen LogP contribution is 2.36. The van der Waals surface area contributed by atoms with E-state index in [1.54, 1.807) is 17.7 Å². The normalized spacial score (nSPS) is 19.8. The van der Waals surface area contributed by atoms with E-state index in [1.165, 1.54) is 15.8 Å². The molecule has 2 aliphatic rings. The number of aryl methyl sites for hydroxylation is 2. The Labute approximate surface area is 164 Å². The van der Waals surface area contributed by atoms with Crippen molar-refractivity contribution < 1.29 is 4.79 Å². The summed E-state index contributed by atoms with van der Waals surface area (Å²) in [6.07, 6.45) is 5.59. The second-order valence-corrected chi connectivity index (χ2v) is 9.13. The van der Waals surface area contributed by atoms with E-state index in [-0.39, 0.29) is 5.92 Å². The predicted molar refractivity (Wildman–Crippen MR) is 110 cm³/mol. The molecule has 0 saturated carbocycles. The van der Waals surface area contributed by atoms with Crippen molar-refractivity contribution >= 4 is 33.3 Å². The molecule has 0 atom stereocenters. The van der Waals surface area contributed by atoms with Crippen molar-refractivity contribution in [1.82, 2.24) is 14.9 Å². The first kappa shape index (κ1) is 18.6. The fourth-order valence-corrected chi connectivity index (χ4v) is 5.38. The van der Waals surface area contributed by atoms with Gasteiger partial charge in [-0.15, -0.1) is 11.3 Å². The van der Waals surface area contributed by atoms with Crippen LogP contribution in [0.4, 0.5) is 5.82 Å². The van der Waals surface area contributed by atoms with E-state index < -0.39 is 0 Å². The number of aromatic nitrogens is 2. The molecule has 0 aliphatic carbocycles. The van der Waals surface area contributed by atoms with Crippen LogP contribution in [0, 0.1) is 25.7 Å². The van der Waals surface area contributed by atoms with Gasteiger partial charge in [-0.2, -0.15) is 0 Å². The molecule has 1 amide bonds. The van der Waals surface area contributed by atoms with Crippen LogP contribution in [0.2, 0.25) is 0 Å². The van der Waals surface area contributed by atoms with Crippen LogP contribution in [-0.2, 0) is 4.79 Å². The smallest absolute Gasteiger partial charge is 0.225 e. The molecule has 7 heteroatoms. The van der Waals surface area contributed by atoms with Crippen LogP contribution in [0.15, 0.2) is 6.33 Å². The molecule has 146 valence electrons. The van der Waals surface area contributed by atoms with Crippen molar-refractivity contribution in [2.24, 2.45) is 17.6 Å². The van der Waals surface area contributed by atoms with Crippen molar-refractivity contribution in [3.05, 3.63) is 16.8 Å². The zero-order valence-electron chi connectivity index (χ0n) is 16.3. The lowest BCUT2D eigenvalue weighted by molar-refractivity contribution is -0.137. The summed E-state index contributed by atoms with van der Waals surface area (Å²) in [4.78, 5) is 28.7. The van der Waals surface area contributed by atoms with Crippen LogP contribution in [0.3, 0.4) is 0 Å². The number of hydrogen-bond acceptors (Lipinski definition) is 6. The number of rotatable bonds is 3. The summed E-state index contributed by atoms with van der Waals surface area (Å²) >= 11 is 1.74. The predicted octanol–water partition coefficient (Wildman–Crippen LogP) is 2.72. The minimum atomic E-state index is 0.151. The minimum Gasteiger partial charge on any atom is -0.356 e. The largest absolute Gasteiger partial charge is 0.356 e. The lowest BCUT2D eigenvalue weighted by Gasteiger charge is -2.37. The maximum Gasteiger partial charge on any atom is 0.225 e. The standard InChI is InChI=1S/C20H29N5OS/c1-13-14(2)27-19-17(13)18(22-12-23-19)24-9-5-16(6-10-24)20(26)25-7-3-15(11-21)4-8-25/h12,15-16H,3-11,21H2,1-2H3. The van der Waals surface area contributed by atoms with Gasteiger partial charge < -0.3 is 15.5 Å². The fourth-order valence-electron chi connectivity index (χ4n) is 4.39. The lowest BCUT2D eigenvalue weighted by Crippen LogP contribution is -2.46. The van der Waals surface area contributed by atoms with Crippen LogP contribution in [0.5, 0.6) is 0 Å². The Balaban J connectivity index is 1.42. The average molecular weight is 388 g/mol. The first-order valence-electron chi connectivity index (χ1n) is 10.0. The molecule has 6 nitrogen and oxygen atoms in total. The number of anilines is 1. The van der Waals surface area contributed by atoms with Gasteiger partial charge in [-0.05, 0) is 57.6 Å². The van der Waals surface area contributed by atoms with Crippen molar-refractivity contribution in [2.75, 3.05) is 37.6 Å². The van der Waals surface area contributed by atoms with Gasteiger partial charge >= 0.3 is 0 Å². The molecule has 0 spiro atoms. The summed E-state index contributed by atoms with van der Waals surface area (Å²) < 4.78 is 0. The summed E-state index contributed by atoms with van der Waals surface area (Å²) in [6.45, 7) is 8.57. The summed E-state index contributed by atoms with van der Waals surface area (Å²) in [7, 11) is 0. The Morgan fingerprint density at radius 2 is 1.85 bits per heavy atom. The SMILES string of the molecule is Cc1sc2ncnc(N3CCC(C(=O)N4CCC(CN)CC4)CC3)c2c1C. The van der Waals surface area contributed by atoms with Crippen LogP contribution >= 0.6 is 11.3 Å². The van der Waals surface area contributed by atoms with E-state index in [1.807, 2.05) is 0 Å². The minimum absolute atomic E-state index is 0.151. The first-order chi connectivity index (χ1) is 13.1. The van der Waals surface area contributed by atoms with Crippen LogP contribution in [0.1, 0.15) is 36.1 Å². The van der Waals surface area contributed by atoms with Crippen molar-refractivity contribution in [3.8, 4) is 0 Å². The topological polar surface area (TPSA) is 75.4 Å². The van der Waals surface area contributed by atoms with Crippen LogP contribution < -0.4 is 10.6 Å². The Bertz CT molecular complexity index is 819. The Morgan fingerprint density at radius 1 is 1.15 bits per heavy atom. The summed E-state index contributed by atoms with van der Waals surface area (Å²) in [5.74, 6) is 2.13. The number of nitrogens with two attached hydrogens (primary N) is 1. The van der Waals surface area contributed by atoms with E-state index in [9.17, 15) is 4.79 Å². The molecule has 2 saturated heterocycles. The maximum atomic E-state index is 12.9. The lowest BCUT2D eigenvalue weighted by atomic mass is 9.92. The van der Waals surface area contributed by atoms with Gasteiger partial charge in [0.05, 0.1) is 5.39 Å². The van der Waals surface area contributed by atoms with Crippen LogP contribution in [-0.4, -0.2) is 53.5 Å². The highest BCUT2D eigenvalue weighted by Gasteiger charge is 2.31. The highest BCUT2D eigenvalue weighted by molar-refractivity contribution is 7.18. The zero-order valence-corrected chi connectivity index (χ0v) is 17.1. The fraction of sp³-hybridized carbons (Fsp3) is 0.650. The van der Waals surface area contributed by atoms with Gasteiger partial charge in [-0.3, -0.25) is 4.79 Å². The van der Waals surface area contributed by atoms with E-state index >= 15 is 0 Å². The molecule has 0 radical (unpaired) electrons. The van der Waals surface area contributed by atoms with E-state index in [2.05, 4.69) is 33.6 Å². The van der Waals surface area contributed by atoms with Crippen molar-refractivity contribution in [3.63, 3.8) is 0 Å². The Hall–Kier alpha value is -1.73. The van der Waals surface area contributed by atoms with E-state index in [4.69, 9.17) is 5.73 Å². The Kier molecular flexibility index (Phi) is 5.32. The zero-order chi connectivity index (χ0) is 19.0. The molecule has 0 aromatic carbocycles. The first-order valence-corrected chi connectivity index (χ1v) is 10.8. The van der Waals surface area contributed by atoms with Crippen molar-refractivity contribution in [1.29, 1.82) is 0 Å². The molecule has 27 heavy (non-hydrogen) atoms. The monoisotopic (exact) mass is 387 g/mol. The van der Waals surface area contributed by atoms with Gasteiger partial charge in [0.2, 0.25) is 5.91 Å². The molecule has 0 bridgehead atoms. The number of thiophene rings is 1. The number of nitrogens with zero attached hydrogens (tertiary/aromatic N) is 4. The molecule has 4 heterocycles. The van der Waals surface area contributed by atoms with Gasteiger partial charge in [0, 0.05) is 37.0 Å². The second-order valence-electron chi connectivity index (χ2n) is 7.93. The molecule has 2 N–H and O–H groups in total. The highest BCUT2D eigenvalue weighted by atomic mass is 32.1. The number of fused-ring (bicyclic) bond motifs is 1. The second kappa shape index (κ2) is 7.72. The number of hydrogen-bond donors (Lipinski definition) is 1. The quantitative estimate of drug-likeness (QED) is 0.876. The molecular weight excluding hydrogens is 358 g/mol. The van der Waals surface area contributed by atoms with E-state index in [0.29, 0.717) is 11.8 Å². The van der Waals surface area contributed by atoms with Crippen molar-refractivity contribution in [2.45, 2.75) is 39.5 Å². The maximum absolute atomic E-state index is 12.9. The molecule has 2 aromatic heterocycles. The number of likely N-dealkylation sites (tertiary alicyclic amines) is 1. The summed E-state index contributed by atoms with van der Waals surface area (Å²) in [6, 6.07) is 0. The van der Waals surface area contributed by atoms with Crippen LogP contribution in [0.25, 0.3) is 10.2 Å².